The molecule has 0 aliphatic heterocycles. The highest BCUT2D eigenvalue weighted by atomic mass is 16.6. The molecule has 1 heterocycles. The summed E-state index contributed by atoms with van der Waals surface area (Å²) >= 11 is 0. The van der Waals surface area contributed by atoms with Crippen molar-refractivity contribution in [3.8, 4) is 0 Å². The zero-order valence-electron chi connectivity index (χ0n) is 9.63. The molecule has 0 amide bonds. The maximum Gasteiger partial charge on any atom is 0.363 e. The minimum atomic E-state index is -1.37. The lowest BCUT2D eigenvalue weighted by atomic mass is 10.2. The molecule has 0 radical (unpaired) electrons. The fourth-order valence-electron chi connectivity index (χ4n) is 1.51. The molecule has 17 heavy (non-hydrogen) atoms. The predicted molar refractivity (Wildman–Crippen MR) is 60.0 cm³/mol. The molecule has 94 valence electrons. The van der Waals surface area contributed by atoms with Crippen LogP contribution < -0.4 is 0 Å². The molecule has 0 aliphatic rings. The molecular weight excluding hydrogens is 226 g/mol. The third-order valence-electron chi connectivity index (χ3n) is 2.38. The molecular formula is C10H15N3O4. The maximum atomic E-state index is 10.7. The summed E-state index contributed by atoms with van der Waals surface area (Å²) in [7, 11) is 0. The predicted octanol–water partition coefficient (Wildman–Crippen LogP) is 2.07. The van der Waals surface area contributed by atoms with E-state index in [2.05, 4.69) is 12.0 Å². The highest BCUT2D eigenvalue weighted by Gasteiger charge is 2.24. The van der Waals surface area contributed by atoms with Crippen molar-refractivity contribution in [2.75, 3.05) is 0 Å². The first kappa shape index (κ1) is 13.1. The molecule has 7 nitrogen and oxygen atoms in total. The van der Waals surface area contributed by atoms with Gasteiger partial charge in [0.1, 0.15) is 6.20 Å². The first-order valence-electron chi connectivity index (χ1n) is 5.51. The molecule has 0 aliphatic carbocycles. The highest BCUT2D eigenvalue weighted by molar-refractivity contribution is 5.89. The Morgan fingerprint density at radius 1 is 1.53 bits per heavy atom. The molecule has 0 atom stereocenters. The minimum absolute atomic E-state index is 0.451. The van der Waals surface area contributed by atoms with Gasteiger partial charge in [0.05, 0.1) is 4.92 Å². The van der Waals surface area contributed by atoms with Gasteiger partial charge in [0.25, 0.3) is 0 Å². The van der Waals surface area contributed by atoms with Crippen molar-refractivity contribution in [3.63, 3.8) is 0 Å². The lowest BCUT2D eigenvalue weighted by Crippen LogP contribution is -2.04. The number of carbonyl (C=O) groups is 1. The Balaban J connectivity index is 2.71. The van der Waals surface area contributed by atoms with E-state index < -0.39 is 22.3 Å². The van der Waals surface area contributed by atoms with E-state index in [-0.39, 0.29) is 0 Å². The van der Waals surface area contributed by atoms with Crippen LogP contribution >= 0.6 is 0 Å². The highest BCUT2D eigenvalue weighted by Crippen LogP contribution is 2.17. The van der Waals surface area contributed by atoms with E-state index in [1.165, 1.54) is 10.9 Å². The Labute approximate surface area is 98.2 Å². The third kappa shape index (κ3) is 3.54. The van der Waals surface area contributed by atoms with Crippen LogP contribution in [0.2, 0.25) is 0 Å². The van der Waals surface area contributed by atoms with Gasteiger partial charge in [-0.25, -0.2) is 4.79 Å². The fourth-order valence-corrected chi connectivity index (χ4v) is 1.51. The van der Waals surface area contributed by atoms with E-state index in [0.29, 0.717) is 6.54 Å². The molecule has 0 spiro atoms. The number of rotatable bonds is 7. The molecule has 0 fully saturated rings. The second-order valence-corrected chi connectivity index (χ2v) is 3.75. The second-order valence-electron chi connectivity index (χ2n) is 3.75. The molecule has 0 bridgehead atoms. The van der Waals surface area contributed by atoms with Crippen LogP contribution in [0.15, 0.2) is 6.20 Å². The minimum Gasteiger partial charge on any atom is -0.476 e. The van der Waals surface area contributed by atoms with Gasteiger partial charge in [-0.1, -0.05) is 26.2 Å². The van der Waals surface area contributed by atoms with Crippen molar-refractivity contribution in [3.05, 3.63) is 22.0 Å². The molecule has 0 saturated carbocycles. The van der Waals surface area contributed by atoms with Gasteiger partial charge in [-0.2, -0.15) is 5.10 Å². The van der Waals surface area contributed by atoms with Crippen LogP contribution in [0.25, 0.3) is 0 Å². The van der Waals surface area contributed by atoms with Gasteiger partial charge in [-0.3, -0.25) is 14.8 Å². The first-order valence-corrected chi connectivity index (χ1v) is 5.51. The molecule has 1 rings (SSSR count). The van der Waals surface area contributed by atoms with Gasteiger partial charge in [-0.05, 0) is 6.42 Å². The molecule has 1 N–H and O–H groups in total. The zero-order valence-corrected chi connectivity index (χ0v) is 9.63. The normalized spacial score (nSPS) is 10.4. The van der Waals surface area contributed by atoms with Gasteiger partial charge >= 0.3 is 11.7 Å². The lowest BCUT2D eigenvalue weighted by Gasteiger charge is -1.99. The Morgan fingerprint density at radius 3 is 2.71 bits per heavy atom. The summed E-state index contributed by atoms with van der Waals surface area (Å²) in [6.07, 6.45) is 5.21. The number of unbranched alkanes of at least 4 members (excludes halogenated alkanes) is 3. The summed E-state index contributed by atoms with van der Waals surface area (Å²) in [5.41, 5.74) is -0.946. The average Bonchev–Trinajstić information content (AvgIpc) is 2.69. The van der Waals surface area contributed by atoms with E-state index in [0.717, 1.165) is 25.7 Å². The smallest absolute Gasteiger partial charge is 0.363 e. The number of nitrogens with zero attached hydrogens (tertiary/aromatic N) is 3. The van der Waals surface area contributed by atoms with Crippen molar-refractivity contribution in [2.24, 2.45) is 0 Å². The summed E-state index contributed by atoms with van der Waals surface area (Å²) in [6, 6.07) is 0. The topological polar surface area (TPSA) is 98.3 Å². The van der Waals surface area contributed by atoms with Crippen LogP contribution in [-0.4, -0.2) is 25.8 Å². The summed E-state index contributed by atoms with van der Waals surface area (Å²) in [4.78, 5) is 20.6. The second kappa shape index (κ2) is 5.97. The van der Waals surface area contributed by atoms with Gasteiger partial charge in [-0.15, -0.1) is 0 Å². The number of hydrogen-bond donors (Lipinski definition) is 1. The Kier molecular flexibility index (Phi) is 4.62. The van der Waals surface area contributed by atoms with Crippen molar-refractivity contribution in [1.29, 1.82) is 0 Å². The Bertz CT molecular complexity index is 382. The molecule has 7 heteroatoms. The van der Waals surface area contributed by atoms with Crippen molar-refractivity contribution >= 4 is 11.7 Å². The zero-order chi connectivity index (χ0) is 12.8. The summed E-state index contributed by atoms with van der Waals surface area (Å²) < 4.78 is 1.33. The first-order chi connectivity index (χ1) is 8.06. The van der Waals surface area contributed by atoms with Crippen LogP contribution in [0, 0.1) is 10.1 Å². The molecule has 0 saturated heterocycles. The standard InChI is InChI=1S/C10H15N3O4/c1-2-3-4-5-6-12-7-8(13(16)17)9(11-12)10(14)15/h7H,2-6H2,1H3,(H,14,15). The SMILES string of the molecule is CCCCCCn1cc([N+](=O)[O-])c(C(=O)O)n1. The molecule has 0 aromatic carbocycles. The van der Waals surface area contributed by atoms with E-state index in [4.69, 9.17) is 5.11 Å². The molecule has 1 aromatic heterocycles. The molecule has 1 aromatic rings. The summed E-state index contributed by atoms with van der Waals surface area (Å²) in [6.45, 7) is 2.59. The van der Waals surface area contributed by atoms with E-state index >= 15 is 0 Å². The summed E-state index contributed by atoms with van der Waals surface area (Å²) in [5, 5.41) is 23.1. The van der Waals surface area contributed by atoms with Gasteiger partial charge in [0, 0.05) is 6.54 Å². The van der Waals surface area contributed by atoms with Crippen LogP contribution in [0.4, 0.5) is 5.69 Å². The Morgan fingerprint density at radius 2 is 2.24 bits per heavy atom. The lowest BCUT2D eigenvalue weighted by molar-refractivity contribution is -0.385. The monoisotopic (exact) mass is 241 g/mol. The number of nitro groups is 1. The number of carboxylic acids is 1. The fraction of sp³-hybridized carbons (Fsp3) is 0.600. The summed E-state index contributed by atoms with van der Waals surface area (Å²) in [5.74, 6) is -1.37. The van der Waals surface area contributed by atoms with Crippen LogP contribution in [0.1, 0.15) is 43.1 Å². The van der Waals surface area contributed by atoms with Gasteiger partial charge < -0.3 is 5.11 Å². The van der Waals surface area contributed by atoms with Crippen LogP contribution in [-0.2, 0) is 6.54 Å². The van der Waals surface area contributed by atoms with Crippen molar-refractivity contribution in [2.45, 2.75) is 39.2 Å². The maximum absolute atomic E-state index is 10.7. The quantitative estimate of drug-likeness (QED) is 0.447. The number of aromatic nitrogens is 2. The Hall–Kier alpha value is -1.92. The van der Waals surface area contributed by atoms with Gasteiger partial charge in [0.15, 0.2) is 0 Å². The van der Waals surface area contributed by atoms with Crippen LogP contribution in [0.5, 0.6) is 0 Å². The van der Waals surface area contributed by atoms with Gasteiger partial charge in [0.2, 0.25) is 5.69 Å². The van der Waals surface area contributed by atoms with E-state index in [9.17, 15) is 14.9 Å². The van der Waals surface area contributed by atoms with Crippen molar-refractivity contribution in [1.82, 2.24) is 9.78 Å². The van der Waals surface area contributed by atoms with E-state index in [1.807, 2.05) is 0 Å². The van der Waals surface area contributed by atoms with E-state index in [1.54, 1.807) is 0 Å². The van der Waals surface area contributed by atoms with Crippen molar-refractivity contribution < 1.29 is 14.8 Å². The number of hydrogen-bond acceptors (Lipinski definition) is 4. The number of aryl methyl sites for hydroxylation is 1. The number of carboxylic acid groups (broad SMARTS) is 1. The average molecular weight is 241 g/mol. The van der Waals surface area contributed by atoms with Crippen LogP contribution in [0.3, 0.4) is 0 Å². The largest absolute Gasteiger partial charge is 0.476 e. The number of aromatic carboxylic acids is 1. The third-order valence-corrected chi connectivity index (χ3v) is 2.38. The molecule has 0 unspecified atom stereocenters.